The Morgan fingerprint density at radius 2 is 2.00 bits per heavy atom. The summed E-state index contributed by atoms with van der Waals surface area (Å²) in [7, 11) is 0. The maximum Gasteiger partial charge on any atom is 0.235 e. The molecule has 0 aliphatic rings. The third-order valence-electron chi connectivity index (χ3n) is 2.38. The minimum atomic E-state index is -0.658. The van der Waals surface area contributed by atoms with Crippen LogP contribution in [0.1, 0.15) is 18.5 Å². The lowest BCUT2D eigenvalue weighted by Crippen LogP contribution is -2.44. The molecule has 4 nitrogen and oxygen atoms in total. The Hall–Kier alpha value is -1.10. The number of nitrogens with two attached hydrogens (primary N) is 2. The number of halogens is 1. The van der Waals surface area contributed by atoms with Crippen LogP contribution in [0.3, 0.4) is 0 Å². The summed E-state index contributed by atoms with van der Waals surface area (Å²) in [6.45, 7) is 2.34. The van der Waals surface area contributed by atoms with Crippen molar-refractivity contribution in [3.05, 3.63) is 34.9 Å². The normalized spacial score (nSPS) is 14.4. The Bertz CT molecular complexity index is 353. The largest absolute Gasteiger partial charge is 0.368 e. The average molecular weight is 242 g/mol. The highest BCUT2D eigenvalue weighted by molar-refractivity contribution is 6.30. The van der Waals surface area contributed by atoms with E-state index >= 15 is 0 Å². The van der Waals surface area contributed by atoms with Crippen molar-refractivity contribution in [3.8, 4) is 0 Å². The Balaban J connectivity index is 2.49. The first-order chi connectivity index (χ1) is 7.50. The molecule has 0 spiro atoms. The van der Waals surface area contributed by atoms with Gasteiger partial charge in [-0.25, -0.2) is 0 Å². The molecule has 88 valence electrons. The first kappa shape index (κ1) is 13.0. The van der Waals surface area contributed by atoms with Crippen molar-refractivity contribution in [1.29, 1.82) is 0 Å². The molecule has 0 heterocycles. The van der Waals surface area contributed by atoms with E-state index in [1.54, 1.807) is 0 Å². The fourth-order valence-corrected chi connectivity index (χ4v) is 1.40. The van der Waals surface area contributed by atoms with Crippen molar-refractivity contribution in [3.63, 3.8) is 0 Å². The van der Waals surface area contributed by atoms with Crippen LogP contribution in [0.15, 0.2) is 24.3 Å². The molecule has 0 fully saturated rings. The van der Waals surface area contributed by atoms with E-state index in [1.807, 2.05) is 31.2 Å². The second-order valence-electron chi connectivity index (χ2n) is 3.69. The quantitative estimate of drug-likeness (QED) is 0.713. The molecule has 5 heteroatoms. The summed E-state index contributed by atoms with van der Waals surface area (Å²) >= 11 is 5.78. The van der Waals surface area contributed by atoms with Crippen LogP contribution in [0, 0.1) is 0 Å². The van der Waals surface area contributed by atoms with Crippen LogP contribution in [0.5, 0.6) is 0 Å². The summed E-state index contributed by atoms with van der Waals surface area (Å²) in [6, 6.07) is 6.94. The van der Waals surface area contributed by atoms with Crippen LogP contribution in [-0.4, -0.2) is 18.5 Å². The molecule has 0 saturated carbocycles. The number of nitrogens with one attached hydrogen (secondary N) is 1. The Labute approximate surface area is 100.0 Å². The van der Waals surface area contributed by atoms with Gasteiger partial charge in [-0.05, 0) is 24.6 Å². The fourth-order valence-electron chi connectivity index (χ4n) is 1.27. The molecule has 1 rings (SSSR count). The molecule has 2 unspecified atom stereocenters. The molecule has 0 radical (unpaired) electrons. The number of hydrogen-bond acceptors (Lipinski definition) is 3. The highest BCUT2D eigenvalue weighted by atomic mass is 35.5. The summed E-state index contributed by atoms with van der Waals surface area (Å²) in [5.41, 5.74) is 11.7. The van der Waals surface area contributed by atoms with Crippen molar-refractivity contribution in [2.24, 2.45) is 11.5 Å². The van der Waals surface area contributed by atoms with E-state index in [2.05, 4.69) is 5.32 Å². The number of primary amides is 1. The van der Waals surface area contributed by atoms with Gasteiger partial charge >= 0.3 is 0 Å². The highest BCUT2D eigenvalue weighted by Crippen LogP contribution is 2.15. The van der Waals surface area contributed by atoms with Crippen molar-refractivity contribution < 1.29 is 4.79 Å². The maximum atomic E-state index is 10.7. The van der Waals surface area contributed by atoms with Crippen LogP contribution in [-0.2, 0) is 4.79 Å². The van der Waals surface area contributed by atoms with E-state index in [4.69, 9.17) is 23.1 Å². The molecule has 0 aliphatic heterocycles. The van der Waals surface area contributed by atoms with Gasteiger partial charge in [0.15, 0.2) is 0 Å². The van der Waals surface area contributed by atoms with E-state index in [9.17, 15) is 4.79 Å². The number of carbonyl (C=O) groups excluding carboxylic acids is 1. The number of rotatable bonds is 5. The zero-order valence-electron chi connectivity index (χ0n) is 9.11. The Morgan fingerprint density at radius 1 is 1.44 bits per heavy atom. The Morgan fingerprint density at radius 3 is 2.50 bits per heavy atom. The van der Waals surface area contributed by atoms with Gasteiger partial charge in [-0.3, -0.25) is 4.79 Å². The molecular formula is C11H16ClN3O. The van der Waals surface area contributed by atoms with Gasteiger partial charge in [0.2, 0.25) is 5.91 Å². The monoisotopic (exact) mass is 241 g/mol. The van der Waals surface area contributed by atoms with Gasteiger partial charge in [0.05, 0.1) is 6.04 Å². The highest BCUT2D eigenvalue weighted by Gasteiger charge is 2.11. The van der Waals surface area contributed by atoms with Gasteiger partial charge in [0.1, 0.15) is 0 Å². The lowest BCUT2D eigenvalue weighted by atomic mass is 10.1. The molecule has 1 aromatic carbocycles. The predicted octanol–water partition coefficient (Wildman–Crippen LogP) is 0.803. The van der Waals surface area contributed by atoms with Gasteiger partial charge < -0.3 is 16.8 Å². The van der Waals surface area contributed by atoms with Crippen LogP contribution < -0.4 is 16.8 Å². The fraction of sp³-hybridized carbons (Fsp3) is 0.364. The molecular weight excluding hydrogens is 226 g/mol. The lowest BCUT2D eigenvalue weighted by molar-refractivity contribution is -0.119. The molecule has 5 N–H and O–H groups in total. The van der Waals surface area contributed by atoms with Gasteiger partial charge in [-0.2, -0.15) is 0 Å². The number of hydrogen-bond donors (Lipinski definition) is 3. The molecule has 0 aromatic heterocycles. The van der Waals surface area contributed by atoms with E-state index in [0.717, 1.165) is 5.56 Å². The second-order valence-corrected chi connectivity index (χ2v) is 4.13. The zero-order chi connectivity index (χ0) is 12.1. The van der Waals surface area contributed by atoms with Crippen LogP contribution >= 0.6 is 11.6 Å². The van der Waals surface area contributed by atoms with Crippen molar-refractivity contribution in [1.82, 2.24) is 5.32 Å². The van der Waals surface area contributed by atoms with Crippen LogP contribution in [0.25, 0.3) is 0 Å². The summed E-state index contributed by atoms with van der Waals surface area (Å²) < 4.78 is 0. The van der Waals surface area contributed by atoms with Gasteiger partial charge in [0.25, 0.3) is 0 Å². The summed E-state index contributed by atoms with van der Waals surface area (Å²) in [4.78, 5) is 10.7. The maximum absolute atomic E-state index is 10.7. The third-order valence-corrected chi connectivity index (χ3v) is 2.63. The van der Waals surface area contributed by atoms with E-state index < -0.39 is 11.9 Å². The number of carbonyl (C=O) groups is 1. The molecule has 0 bridgehead atoms. The predicted molar refractivity (Wildman–Crippen MR) is 65.0 cm³/mol. The first-order valence-corrected chi connectivity index (χ1v) is 5.42. The molecule has 1 aromatic rings. The molecule has 16 heavy (non-hydrogen) atoms. The Kier molecular flexibility index (Phi) is 4.73. The van der Waals surface area contributed by atoms with Crippen molar-refractivity contribution in [2.45, 2.75) is 19.0 Å². The molecule has 0 saturated heterocycles. The lowest BCUT2D eigenvalue weighted by Gasteiger charge is -2.16. The van der Waals surface area contributed by atoms with E-state index in [0.29, 0.717) is 11.6 Å². The first-order valence-electron chi connectivity index (χ1n) is 5.04. The summed E-state index contributed by atoms with van der Waals surface area (Å²) in [6.07, 6.45) is 0. The number of benzene rings is 1. The van der Waals surface area contributed by atoms with Crippen molar-refractivity contribution in [2.75, 3.05) is 6.54 Å². The molecule has 0 aliphatic carbocycles. The van der Waals surface area contributed by atoms with Crippen molar-refractivity contribution >= 4 is 17.5 Å². The second kappa shape index (κ2) is 5.84. The van der Waals surface area contributed by atoms with Gasteiger partial charge in [-0.15, -0.1) is 0 Å². The molecule has 1 amide bonds. The SMILES string of the molecule is CC(NCC(N)C(N)=O)c1ccc(Cl)cc1. The molecule has 2 atom stereocenters. The van der Waals surface area contributed by atoms with E-state index in [1.165, 1.54) is 0 Å². The summed E-state index contributed by atoms with van der Waals surface area (Å²) in [5.74, 6) is -0.504. The smallest absolute Gasteiger partial charge is 0.235 e. The average Bonchev–Trinajstić information content (AvgIpc) is 2.26. The summed E-state index contributed by atoms with van der Waals surface area (Å²) in [5, 5.41) is 3.83. The minimum Gasteiger partial charge on any atom is -0.368 e. The minimum absolute atomic E-state index is 0.0997. The standard InChI is InChI=1S/C11H16ClN3O/c1-7(15-6-10(13)11(14)16)8-2-4-9(12)5-3-8/h2-5,7,10,15H,6,13H2,1H3,(H2,14,16). The topological polar surface area (TPSA) is 81.1 Å². The number of amides is 1. The zero-order valence-corrected chi connectivity index (χ0v) is 9.87. The van der Waals surface area contributed by atoms with Crippen LogP contribution in [0.2, 0.25) is 5.02 Å². The third kappa shape index (κ3) is 3.81. The van der Waals surface area contributed by atoms with Crippen LogP contribution in [0.4, 0.5) is 0 Å². The van der Waals surface area contributed by atoms with Gasteiger partial charge in [0, 0.05) is 17.6 Å². The van der Waals surface area contributed by atoms with E-state index in [-0.39, 0.29) is 6.04 Å². The van der Waals surface area contributed by atoms with Gasteiger partial charge in [-0.1, -0.05) is 23.7 Å².